The number of hydrogen-bond acceptors (Lipinski definition) is 0. The van der Waals surface area contributed by atoms with Crippen LogP contribution in [0.3, 0.4) is 0 Å². The highest BCUT2D eigenvalue weighted by molar-refractivity contribution is 6.11. The van der Waals surface area contributed by atoms with E-state index in [1.807, 2.05) is 13.8 Å². The van der Waals surface area contributed by atoms with Crippen molar-refractivity contribution in [1.82, 2.24) is 0 Å². The van der Waals surface area contributed by atoms with E-state index >= 15 is 0 Å². The number of benzene rings is 6. The first-order valence-corrected chi connectivity index (χ1v) is 17.0. The molecule has 0 atom stereocenters. The molecule has 0 fully saturated rings. The fourth-order valence-electron chi connectivity index (χ4n) is 6.52. The van der Waals surface area contributed by atoms with E-state index in [0.717, 1.165) is 17.6 Å². The third kappa shape index (κ3) is 7.26. The van der Waals surface area contributed by atoms with Gasteiger partial charge >= 0.3 is 0 Å². The molecule has 7 rings (SSSR count). The summed E-state index contributed by atoms with van der Waals surface area (Å²) in [4.78, 5) is 0. The number of terminal acetylenes is 1. The lowest BCUT2D eigenvalue weighted by atomic mass is 9.82. The van der Waals surface area contributed by atoms with Crippen molar-refractivity contribution in [3.05, 3.63) is 168 Å². The van der Waals surface area contributed by atoms with Crippen molar-refractivity contribution in [1.29, 1.82) is 0 Å². The number of fused-ring (bicyclic) bond motifs is 1. The molecule has 0 heterocycles. The summed E-state index contributed by atoms with van der Waals surface area (Å²) in [7, 11) is 0. The number of allylic oxidation sites excluding steroid dienone is 5. The predicted octanol–water partition coefficient (Wildman–Crippen LogP) is 13.5. The van der Waals surface area contributed by atoms with Crippen LogP contribution in [0.5, 0.6) is 0 Å². The number of rotatable bonds is 6. The van der Waals surface area contributed by atoms with Crippen molar-refractivity contribution < 1.29 is 0 Å². The minimum absolute atomic E-state index is 0.797. The average Bonchev–Trinajstić information content (AvgIpc) is 3.48. The first-order chi connectivity index (χ1) is 24.2. The van der Waals surface area contributed by atoms with Gasteiger partial charge in [-0.1, -0.05) is 177 Å². The maximum absolute atomic E-state index is 4.00. The zero-order valence-corrected chi connectivity index (χ0v) is 28.9. The lowest BCUT2D eigenvalue weighted by Gasteiger charge is -2.22. The number of hydrogen-bond donors (Lipinski definition) is 0. The van der Waals surface area contributed by atoms with Crippen LogP contribution in [-0.2, 0) is 0 Å². The van der Waals surface area contributed by atoms with Gasteiger partial charge in [0, 0.05) is 12.0 Å². The highest BCUT2D eigenvalue weighted by Gasteiger charge is 2.20. The quantitative estimate of drug-likeness (QED) is 0.161. The first kappa shape index (κ1) is 34.3. The topological polar surface area (TPSA) is 0 Å². The maximum atomic E-state index is 4.00. The van der Waals surface area contributed by atoms with Gasteiger partial charge in [-0.15, -0.1) is 12.8 Å². The Morgan fingerprint density at radius 3 is 1.78 bits per heavy atom. The van der Waals surface area contributed by atoms with Gasteiger partial charge in [0.05, 0.1) is 0 Å². The Hall–Kier alpha value is -6.08. The van der Waals surface area contributed by atoms with Crippen LogP contribution in [0.1, 0.15) is 43.9 Å². The van der Waals surface area contributed by atoms with E-state index in [4.69, 9.17) is 0 Å². The molecule has 0 nitrogen and oxygen atoms in total. The molecule has 0 saturated carbocycles. The van der Waals surface area contributed by atoms with E-state index < -0.39 is 0 Å². The van der Waals surface area contributed by atoms with Gasteiger partial charge in [-0.2, -0.15) is 0 Å². The van der Waals surface area contributed by atoms with Crippen LogP contribution >= 0.6 is 0 Å². The van der Waals surface area contributed by atoms with Crippen molar-refractivity contribution in [2.24, 2.45) is 0 Å². The normalized spacial score (nSPS) is 11.7. The molecule has 238 valence electrons. The van der Waals surface area contributed by atoms with Gasteiger partial charge in [-0.3, -0.25) is 0 Å². The molecular weight excluding hydrogens is 589 g/mol. The van der Waals surface area contributed by atoms with E-state index in [1.54, 1.807) is 0 Å². The second-order valence-corrected chi connectivity index (χ2v) is 11.4. The van der Waals surface area contributed by atoms with Crippen LogP contribution in [0.15, 0.2) is 152 Å². The Kier molecular flexibility index (Phi) is 11.6. The Morgan fingerprint density at radius 1 is 0.571 bits per heavy atom. The van der Waals surface area contributed by atoms with Crippen molar-refractivity contribution in [3.8, 4) is 69.2 Å². The third-order valence-corrected chi connectivity index (χ3v) is 8.67. The molecule has 0 radical (unpaired) electrons. The van der Waals surface area contributed by atoms with Crippen molar-refractivity contribution in [2.75, 3.05) is 0 Å². The summed E-state index contributed by atoms with van der Waals surface area (Å²) in [6, 6.07) is 46.2. The monoisotopic (exact) mass is 630 g/mol. The zero-order valence-electron chi connectivity index (χ0n) is 28.9. The highest BCUT2D eigenvalue weighted by Crippen LogP contribution is 2.45. The molecule has 1 aliphatic carbocycles. The molecule has 0 aliphatic heterocycles. The van der Waals surface area contributed by atoms with Crippen LogP contribution in [0.4, 0.5) is 0 Å². The van der Waals surface area contributed by atoms with E-state index in [0.29, 0.717) is 0 Å². The molecule has 1 aliphatic rings. The maximum Gasteiger partial charge on any atom is 0.0317 e. The highest BCUT2D eigenvalue weighted by atomic mass is 14.2. The van der Waals surface area contributed by atoms with E-state index in [9.17, 15) is 0 Å². The molecule has 0 amide bonds. The van der Waals surface area contributed by atoms with Gasteiger partial charge in [0.2, 0.25) is 0 Å². The van der Waals surface area contributed by atoms with Crippen LogP contribution in [-0.4, -0.2) is 0 Å². The second kappa shape index (κ2) is 16.7. The van der Waals surface area contributed by atoms with Gasteiger partial charge in [0.25, 0.3) is 0 Å². The van der Waals surface area contributed by atoms with Crippen LogP contribution < -0.4 is 0 Å². The summed E-state index contributed by atoms with van der Waals surface area (Å²) >= 11 is 0. The predicted molar refractivity (Wildman–Crippen MR) is 216 cm³/mol. The average molecular weight is 631 g/mol. The van der Waals surface area contributed by atoms with Crippen LogP contribution in [0.2, 0.25) is 0 Å². The molecule has 0 heteroatoms. The Morgan fingerprint density at radius 2 is 1.10 bits per heavy atom. The summed E-state index contributed by atoms with van der Waals surface area (Å²) in [6.07, 6.45) is 19.5. The van der Waals surface area contributed by atoms with Crippen molar-refractivity contribution in [3.63, 3.8) is 0 Å². The molecule has 0 spiro atoms. The Bertz CT molecular complexity index is 2210. The van der Waals surface area contributed by atoms with Crippen LogP contribution in [0, 0.1) is 31.6 Å². The Labute approximate surface area is 293 Å². The zero-order chi connectivity index (χ0) is 34.6. The van der Waals surface area contributed by atoms with Crippen LogP contribution in [0.25, 0.3) is 66.9 Å². The summed E-state index contributed by atoms with van der Waals surface area (Å²) in [6.45, 7) is 8.39. The molecule has 49 heavy (non-hydrogen) atoms. The fourth-order valence-corrected chi connectivity index (χ4v) is 6.52. The van der Waals surface area contributed by atoms with Gasteiger partial charge in [-0.25, -0.2) is 0 Å². The minimum atomic E-state index is 0.797. The smallest absolute Gasteiger partial charge is 0.0317 e. The van der Waals surface area contributed by atoms with Gasteiger partial charge in [-0.05, 0) is 91.9 Å². The van der Waals surface area contributed by atoms with Gasteiger partial charge < -0.3 is 0 Å². The molecule has 0 N–H and O–H groups in total. The minimum Gasteiger partial charge on any atom is -0.124 e. The molecule has 0 unspecified atom stereocenters. The van der Waals surface area contributed by atoms with E-state index in [1.165, 1.54) is 66.4 Å². The molecular formula is C49H42. The SMILES string of the molecule is C#C.C/C=C\c1c(C)c(-c2ccc(-c3ccccc3)cc2)c2ccccc2c1-c1ccccc1-c1ccc(C2=CC=CCC#C2)cc1.CC. The van der Waals surface area contributed by atoms with E-state index in [-0.39, 0.29) is 0 Å². The summed E-state index contributed by atoms with van der Waals surface area (Å²) in [5.74, 6) is 6.54. The van der Waals surface area contributed by atoms with Gasteiger partial charge in [0.1, 0.15) is 0 Å². The summed E-state index contributed by atoms with van der Waals surface area (Å²) < 4.78 is 0. The lowest BCUT2D eigenvalue weighted by Crippen LogP contribution is -1.97. The summed E-state index contributed by atoms with van der Waals surface area (Å²) in [5.41, 5.74) is 14.7. The standard InChI is InChI=1S/C45H34.C2H6.C2H2/c1-3-15-39-32(2)44(38-30-26-36(27-31-38)34-18-9-6-10-19-34)42-22-13-14-23-43(42)45(39)41-21-12-11-20-40(41)37-28-24-35(25-29-37)33-16-7-4-5-8-17-33;2*1-2/h3-4,6-7,9-16,18-31H,5H2,1-2H3;1-2H3;1-2H/b15-3-;;. The molecule has 0 bridgehead atoms. The summed E-state index contributed by atoms with van der Waals surface area (Å²) in [5, 5.41) is 2.52. The Balaban J connectivity index is 0.00000113. The molecule has 6 aromatic carbocycles. The molecule has 6 aromatic rings. The fraction of sp³-hybridized carbons (Fsp3) is 0.102. The molecule has 0 aromatic heterocycles. The second-order valence-electron chi connectivity index (χ2n) is 11.4. The lowest BCUT2D eigenvalue weighted by molar-refractivity contribution is 1.45. The van der Waals surface area contributed by atoms with E-state index in [2.05, 4.69) is 196 Å². The largest absolute Gasteiger partial charge is 0.124 e. The molecule has 0 saturated heterocycles. The van der Waals surface area contributed by atoms with Gasteiger partial charge in [0.15, 0.2) is 0 Å². The van der Waals surface area contributed by atoms with Crippen molar-refractivity contribution >= 4 is 22.4 Å². The van der Waals surface area contributed by atoms with Crippen molar-refractivity contribution in [2.45, 2.75) is 34.1 Å². The third-order valence-electron chi connectivity index (χ3n) is 8.67. The first-order valence-electron chi connectivity index (χ1n) is 17.0.